The van der Waals surface area contributed by atoms with Gasteiger partial charge in [-0.1, -0.05) is 68.4 Å². The third kappa shape index (κ3) is 6.04. The fraction of sp³-hybridized carbons (Fsp3) is 0.433. The monoisotopic (exact) mass is 506 g/mol. The molecule has 37 heavy (non-hydrogen) atoms. The van der Waals surface area contributed by atoms with E-state index in [0.29, 0.717) is 16.6 Å². The van der Waals surface area contributed by atoms with Crippen molar-refractivity contribution in [1.29, 1.82) is 0 Å². The number of carbonyl (C=O) groups is 2. The zero-order valence-electron chi connectivity index (χ0n) is 23.5. The number of aromatic amines is 1. The topological polar surface area (TPSA) is 97.5 Å². The van der Waals surface area contributed by atoms with E-state index in [1.807, 2.05) is 65.8 Å². The Morgan fingerprint density at radius 2 is 1.46 bits per heavy atom. The quantitative estimate of drug-likeness (QED) is 0.300. The van der Waals surface area contributed by atoms with Crippen molar-refractivity contribution in [3.8, 4) is 5.75 Å². The smallest absolute Gasteiger partial charge is 0.437 e. The van der Waals surface area contributed by atoms with Gasteiger partial charge in [-0.25, -0.2) is 4.79 Å². The Labute approximate surface area is 218 Å². The molecule has 0 spiro atoms. The predicted octanol–water partition coefficient (Wildman–Crippen LogP) is 6.82. The Bertz CT molecular complexity index is 1410. The van der Waals surface area contributed by atoms with Crippen LogP contribution in [0.25, 0.3) is 10.9 Å². The van der Waals surface area contributed by atoms with Gasteiger partial charge in [0.25, 0.3) is 5.91 Å². The molecule has 198 valence electrons. The van der Waals surface area contributed by atoms with Gasteiger partial charge in [-0.2, -0.15) is 0 Å². The van der Waals surface area contributed by atoms with Gasteiger partial charge in [-0.3, -0.25) is 9.59 Å². The third-order valence-corrected chi connectivity index (χ3v) is 6.34. The molecule has 1 heterocycles. The molecular weight excluding hydrogens is 468 g/mol. The number of H-pyrrole nitrogens is 1. The summed E-state index contributed by atoms with van der Waals surface area (Å²) in [5.41, 5.74) is 2.53. The van der Waals surface area contributed by atoms with E-state index < -0.39 is 12.1 Å². The number of pyridine rings is 1. The van der Waals surface area contributed by atoms with E-state index in [-0.39, 0.29) is 33.0 Å². The van der Waals surface area contributed by atoms with Gasteiger partial charge in [-0.15, -0.1) is 0 Å². The summed E-state index contributed by atoms with van der Waals surface area (Å²) in [6, 6.07) is 9.24. The third-order valence-electron chi connectivity index (χ3n) is 6.34. The van der Waals surface area contributed by atoms with E-state index in [4.69, 9.17) is 9.47 Å². The minimum atomic E-state index is -0.855. The minimum absolute atomic E-state index is 0.00578. The molecule has 1 aromatic heterocycles. The van der Waals surface area contributed by atoms with E-state index in [2.05, 4.69) is 31.1 Å². The van der Waals surface area contributed by atoms with Crippen LogP contribution in [0.4, 0.5) is 10.5 Å². The number of hydrogen-bond acceptors (Lipinski definition) is 5. The van der Waals surface area contributed by atoms with E-state index >= 15 is 0 Å². The van der Waals surface area contributed by atoms with Crippen molar-refractivity contribution in [3.63, 3.8) is 0 Å². The van der Waals surface area contributed by atoms with Gasteiger partial charge in [0.1, 0.15) is 11.3 Å². The van der Waals surface area contributed by atoms with Crippen LogP contribution in [0.15, 0.2) is 41.3 Å². The Balaban J connectivity index is 2.15. The molecule has 0 radical (unpaired) electrons. The van der Waals surface area contributed by atoms with Crippen molar-refractivity contribution >= 4 is 28.7 Å². The lowest BCUT2D eigenvalue weighted by Crippen LogP contribution is -2.25. The molecule has 0 fully saturated rings. The van der Waals surface area contributed by atoms with Crippen LogP contribution in [-0.2, 0) is 21.0 Å². The zero-order chi connectivity index (χ0) is 27.9. The number of ether oxygens (including phenoxy) is 2. The maximum absolute atomic E-state index is 13.4. The molecule has 0 saturated heterocycles. The fourth-order valence-corrected chi connectivity index (χ4v) is 4.15. The molecule has 2 N–H and O–H groups in total. The molecule has 3 rings (SSSR count). The number of aromatic nitrogens is 1. The minimum Gasteiger partial charge on any atom is -0.437 e. The largest absolute Gasteiger partial charge is 0.513 e. The van der Waals surface area contributed by atoms with Crippen LogP contribution in [-0.4, -0.2) is 24.2 Å². The summed E-state index contributed by atoms with van der Waals surface area (Å²) in [7, 11) is 1.24. The maximum Gasteiger partial charge on any atom is 0.513 e. The van der Waals surface area contributed by atoms with Crippen molar-refractivity contribution in [3.05, 3.63) is 69.0 Å². The summed E-state index contributed by atoms with van der Waals surface area (Å²) in [4.78, 5) is 41.9. The Hall–Kier alpha value is -3.61. The molecule has 0 aliphatic rings. The van der Waals surface area contributed by atoms with Crippen LogP contribution in [0.3, 0.4) is 0 Å². The molecule has 0 aliphatic heterocycles. The number of methoxy groups -OCH3 is 1. The highest BCUT2D eigenvalue weighted by Crippen LogP contribution is 2.40. The van der Waals surface area contributed by atoms with Crippen LogP contribution in [0, 0.1) is 0 Å². The molecule has 0 unspecified atom stereocenters. The maximum atomic E-state index is 13.4. The summed E-state index contributed by atoms with van der Waals surface area (Å²) in [5, 5.41) is 3.36. The zero-order valence-corrected chi connectivity index (χ0v) is 23.5. The Kier molecular flexibility index (Phi) is 7.32. The number of fused-ring (bicyclic) bond motifs is 1. The van der Waals surface area contributed by atoms with E-state index in [0.717, 1.165) is 16.7 Å². The van der Waals surface area contributed by atoms with Gasteiger partial charge in [-0.05, 0) is 45.6 Å². The molecule has 0 saturated carbocycles. The highest BCUT2D eigenvalue weighted by Gasteiger charge is 2.28. The van der Waals surface area contributed by atoms with Crippen LogP contribution in [0.2, 0.25) is 0 Å². The summed E-state index contributed by atoms with van der Waals surface area (Å²) in [5.74, 6) is -0.271. The molecule has 0 atom stereocenters. The van der Waals surface area contributed by atoms with Gasteiger partial charge in [0.15, 0.2) is 0 Å². The summed E-state index contributed by atoms with van der Waals surface area (Å²) in [6.45, 7) is 18.3. The van der Waals surface area contributed by atoms with Crippen molar-refractivity contribution in [2.24, 2.45) is 0 Å². The van der Waals surface area contributed by atoms with Gasteiger partial charge in [0, 0.05) is 34.4 Å². The summed E-state index contributed by atoms with van der Waals surface area (Å²) < 4.78 is 10.2. The SMILES string of the molecule is COC(=O)Oc1cc(NC(=O)c2c[nH]c3ccc(C(C)(C)C)cc3c2=O)c(C(C)(C)C)cc1C(C)(C)C. The van der Waals surface area contributed by atoms with Gasteiger partial charge in [0.05, 0.1) is 7.11 Å². The molecular formula is C30H38N2O5. The van der Waals surface area contributed by atoms with Gasteiger partial charge in [0.2, 0.25) is 5.43 Å². The number of benzene rings is 2. The summed E-state index contributed by atoms with van der Waals surface area (Å²) >= 11 is 0. The number of nitrogens with one attached hydrogen (secondary N) is 2. The van der Waals surface area contributed by atoms with Crippen LogP contribution in [0.1, 0.15) is 89.4 Å². The van der Waals surface area contributed by atoms with Crippen molar-refractivity contribution < 1.29 is 19.1 Å². The van der Waals surface area contributed by atoms with Crippen LogP contribution in [0.5, 0.6) is 5.75 Å². The molecule has 1 amide bonds. The number of hydrogen-bond donors (Lipinski definition) is 2. The highest BCUT2D eigenvalue weighted by atomic mass is 16.7. The molecule has 0 bridgehead atoms. The molecule has 7 heteroatoms. The highest BCUT2D eigenvalue weighted by molar-refractivity contribution is 6.06. The van der Waals surface area contributed by atoms with Crippen molar-refractivity contribution in [2.45, 2.75) is 78.6 Å². The van der Waals surface area contributed by atoms with Gasteiger partial charge < -0.3 is 19.8 Å². The van der Waals surface area contributed by atoms with Crippen molar-refractivity contribution in [1.82, 2.24) is 4.98 Å². The predicted molar refractivity (Wildman–Crippen MR) is 148 cm³/mol. The molecule has 0 aliphatic carbocycles. The fourth-order valence-electron chi connectivity index (χ4n) is 4.15. The average Bonchev–Trinajstić information content (AvgIpc) is 2.76. The van der Waals surface area contributed by atoms with Crippen LogP contribution < -0.4 is 15.5 Å². The lowest BCUT2D eigenvalue weighted by molar-refractivity contribution is 0.102. The first-order valence-electron chi connectivity index (χ1n) is 12.4. The second kappa shape index (κ2) is 9.69. The lowest BCUT2D eigenvalue weighted by atomic mass is 9.79. The average molecular weight is 507 g/mol. The normalized spacial score (nSPS) is 12.4. The lowest BCUT2D eigenvalue weighted by Gasteiger charge is -2.29. The first kappa shape index (κ1) is 28.0. The number of amides is 1. The van der Waals surface area contributed by atoms with Crippen LogP contribution >= 0.6 is 0 Å². The van der Waals surface area contributed by atoms with E-state index in [1.165, 1.54) is 13.3 Å². The number of rotatable bonds is 3. The summed E-state index contributed by atoms with van der Waals surface area (Å²) in [6.07, 6.45) is 0.579. The van der Waals surface area contributed by atoms with Gasteiger partial charge >= 0.3 is 6.16 Å². The second-order valence-corrected chi connectivity index (χ2v) is 12.4. The molecule has 3 aromatic rings. The Morgan fingerprint density at radius 3 is 2.00 bits per heavy atom. The van der Waals surface area contributed by atoms with E-state index in [1.54, 1.807) is 6.07 Å². The first-order valence-corrected chi connectivity index (χ1v) is 12.4. The Morgan fingerprint density at radius 1 is 0.838 bits per heavy atom. The first-order chi connectivity index (χ1) is 16.9. The van der Waals surface area contributed by atoms with E-state index in [9.17, 15) is 14.4 Å². The van der Waals surface area contributed by atoms with Crippen molar-refractivity contribution in [2.75, 3.05) is 12.4 Å². The molecule has 7 nitrogen and oxygen atoms in total. The molecule has 2 aromatic carbocycles. The standard InChI is InChI=1S/C30H38N2O5/c1-28(2,3)17-11-12-22-18(13-17)25(33)19(16-31-22)26(34)32-23-15-24(37-27(35)36-10)21(30(7,8)9)14-20(23)29(4,5)6/h11-16H,1-10H3,(H,31,33)(H,32,34). The second-order valence-electron chi connectivity index (χ2n) is 12.4. The number of anilines is 1. The number of carbonyl (C=O) groups excluding carboxylic acids is 2.